The standard InChI is InChI=1S/C20H26N2O3/c1-22(2)12-4-11-21-20(23)19-10-9-18(25-19)14-24-17-8-7-15-5-3-6-16(15)13-17/h7-10,13H,3-6,11-12,14H2,1-2H3,(H,21,23). The molecule has 1 amide bonds. The van der Waals surface area contributed by atoms with E-state index in [1.54, 1.807) is 12.1 Å². The maximum atomic E-state index is 12.0. The van der Waals surface area contributed by atoms with Gasteiger partial charge >= 0.3 is 0 Å². The van der Waals surface area contributed by atoms with Gasteiger partial charge in [-0.2, -0.15) is 0 Å². The highest BCUT2D eigenvalue weighted by atomic mass is 16.5. The number of hydrogen-bond donors (Lipinski definition) is 1. The number of carbonyl (C=O) groups is 1. The summed E-state index contributed by atoms with van der Waals surface area (Å²) in [5, 5.41) is 2.87. The van der Waals surface area contributed by atoms with Gasteiger partial charge in [-0.3, -0.25) is 4.79 Å². The lowest BCUT2D eigenvalue weighted by atomic mass is 10.1. The van der Waals surface area contributed by atoms with Crippen molar-refractivity contribution in [2.45, 2.75) is 32.3 Å². The summed E-state index contributed by atoms with van der Waals surface area (Å²) in [4.78, 5) is 14.1. The Morgan fingerprint density at radius 3 is 2.88 bits per heavy atom. The van der Waals surface area contributed by atoms with E-state index >= 15 is 0 Å². The van der Waals surface area contributed by atoms with Crippen molar-refractivity contribution in [1.29, 1.82) is 0 Å². The molecule has 0 bridgehead atoms. The highest BCUT2D eigenvalue weighted by Crippen LogP contribution is 2.26. The molecule has 0 fully saturated rings. The first kappa shape index (κ1) is 17.5. The Morgan fingerprint density at radius 1 is 1.20 bits per heavy atom. The van der Waals surface area contributed by atoms with Gasteiger partial charge < -0.3 is 19.4 Å². The molecule has 2 aromatic rings. The summed E-state index contributed by atoms with van der Waals surface area (Å²) in [6, 6.07) is 9.76. The van der Waals surface area contributed by atoms with Crippen LogP contribution in [0.3, 0.4) is 0 Å². The molecule has 1 aliphatic rings. The molecule has 5 nitrogen and oxygen atoms in total. The summed E-state index contributed by atoms with van der Waals surface area (Å²) < 4.78 is 11.4. The van der Waals surface area contributed by atoms with E-state index in [4.69, 9.17) is 9.15 Å². The minimum absolute atomic E-state index is 0.178. The number of furan rings is 1. The lowest BCUT2D eigenvalue weighted by Crippen LogP contribution is -2.26. The van der Waals surface area contributed by atoms with Gasteiger partial charge in [0.2, 0.25) is 0 Å². The minimum atomic E-state index is -0.178. The number of rotatable bonds is 8. The van der Waals surface area contributed by atoms with E-state index in [-0.39, 0.29) is 5.91 Å². The van der Waals surface area contributed by atoms with Crippen LogP contribution in [0.25, 0.3) is 0 Å². The first-order valence-electron chi connectivity index (χ1n) is 8.88. The van der Waals surface area contributed by atoms with Gasteiger partial charge in [-0.1, -0.05) is 6.07 Å². The molecular formula is C20H26N2O3. The third-order valence-corrected chi connectivity index (χ3v) is 4.40. The molecule has 0 spiro atoms. The molecule has 134 valence electrons. The van der Waals surface area contributed by atoms with E-state index in [0.29, 0.717) is 24.7 Å². The summed E-state index contributed by atoms with van der Waals surface area (Å²) in [5.41, 5.74) is 2.81. The van der Waals surface area contributed by atoms with E-state index in [9.17, 15) is 4.79 Å². The second-order valence-corrected chi connectivity index (χ2v) is 6.75. The average molecular weight is 342 g/mol. The van der Waals surface area contributed by atoms with Crippen molar-refractivity contribution in [3.8, 4) is 5.75 Å². The molecule has 0 saturated heterocycles. The van der Waals surface area contributed by atoms with E-state index < -0.39 is 0 Å². The van der Waals surface area contributed by atoms with Gasteiger partial charge in [0.15, 0.2) is 5.76 Å². The van der Waals surface area contributed by atoms with Gasteiger partial charge in [0, 0.05) is 6.54 Å². The van der Waals surface area contributed by atoms with Crippen molar-refractivity contribution in [1.82, 2.24) is 10.2 Å². The molecule has 5 heteroatoms. The number of ether oxygens (including phenoxy) is 1. The van der Waals surface area contributed by atoms with Gasteiger partial charge in [0.25, 0.3) is 5.91 Å². The van der Waals surface area contributed by atoms with Crippen LogP contribution < -0.4 is 10.1 Å². The van der Waals surface area contributed by atoms with Gasteiger partial charge in [0.05, 0.1) is 0 Å². The highest BCUT2D eigenvalue weighted by Gasteiger charge is 2.13. The first-order valence-corrected chi connectivity index (χ1v) is 8.88. The molecule has 25 heavy (non-hydrogen) atoms. The normalized spacial score (nSPS) is 13.1. The molecule has 0 radical (unpaired) electrons. The van der Waals surface area contributed by atoms with Crippen molar-refractivity contribution in [2.24, 2.45) is 0 Å². The van der Waals surface area contributed by atoms with Crippen LogP contribution in [0.2, 0.25) is 0 Å². The SMILES string of the molecule is CN(C)CCCNC(=O)c1ccc(COc2ccc3c(c2)CCC3)o1. The third kappa shape index (κ3) is 4.86. The summed E-state index contributed by atoms with van der Waals surface area (Å²) in [6.45, 7) is 1.91. The van der Waals surface area contributed by atoms with Gasteiger partial charge in [0.1, 0.15) is 18.1 Å². The quantitative estimate of drug-likeness (QED) is 0.749. The Labute approximate surface area is 149 Å². The molecule has 1 N–H and O–H groups in total. The summed E-state index contributed by atoms with van der Waals surface area (Å²) >= 11 is 0. The second kappa shape index (κ2) is 8.21. The van der Waals surface area contributed by atoms with E-state index in [0.717, 1.165) is 25.1 Å². The van der Waals surface area contributed by atoms with Crippen LogP contribution in [0.5, 0.6) is 5.75 Å². The number of nitrogens with zero attached hydrogens (tertiary/aromatic N) is 1. The van der Waals surface area contributed by atoms with Gasteiger partial charge in [-0.25, -0.2) is 0 Å². The average Bonchev–Trinajstić information content (AvgIpc) is 3.25. The smallest absolute Gasteiger partial charge is 0.286 e. The highest BCUT2D eigenvalue weighted by molar-refractivity contribution is 5.91. The molecule has 1 aromatic heterocycles. The number of amides is 1. The number of benzene rings is 1. The fourth-order valence-corrected chi connectivity index (χ4v) is 3.05. The predicted molar refractivity (Wildman–Crippen MR) is 97.0 cm³/mol. The van der Waals surface area contributed by atoms with Crippen molar-refractivity contribution < 1.29 is 13.9 Å². The summed E-state index contributed by atoms with van der Waals surface area (Å²) in [5.74, 6) is 1.66. The van der Waals surface area contributed by atoms with Crippen LogP contribution in [0, 0.1) is 0 Å². The van der Waals surface area contributed by atoms with E-state index in [1.165, 1.54) is 24.0 Å². The van der Waals surface area contributed by atoms with Crippen LogP contribution in [0.1, 0.15) is 40.3 Å². The third-order valence-electron chi connectivity index (χ3n) is 4.40. The molecule has 0 saturated carbocycles. The second-order valence-electron chi connectivity index (χ2n) is 6.75. The van der Waals surface area contributed by atoms with Crippen LogP contribution in [-0.4, -0.2) is 38.0 Å². The van der Waals surface area contributed by atoms with Crippen LogP contribution in [0.15, 0.2) is 34.7 Å². The van der Waals surface area contributed by atoms with Crippen molar-refractivity contribution in [2.75, 3.05) is 27.2 Å². The van der Waals surface area contributed by atoms with Crippen molar-refractivity contribution >= 4 is 5.91 Å². The molecule has 1 aromatic carbocycles. The maximum absolute atomic E-state index is 12.0. The number of nitrogens with one attached hydrogen (secondary N) is 1. The monoisotopic (exact) mass is 342 g/mol. The zero-order chi connectivity index (χ0) is 17.6. The Bertz CT molecular complexity index is 721. The molecule has 0 unspecified atom stereocenters. The minimum Gasteiger partial charge on any atom is -0.486 e. The number of fused-ring (bicyclic) bond motifs is 1. The summed E-state index contributed by atoms with van der Waals surface area (Å²) in [6.07, 6.45) is 4.43. The molecule has 0 atom stereocenters. The Balaban J connectivity index is 1.47. The lowest BCUT2D eigenvalue weighted by molar-refractivity contribution is 0.0920. The zero-order valence-electron chi connectivity index (χ0n) is 15.0. The van der Waals surface area contributed by atoms with Crippen molar-refractivity contribution in [3.05, 3.63) is 53.0 Å². The van der Waals surface area contributed by atoms with E-state index in [2.05, 4.69) is 22.3 Å². The number of aryl methyl sites for hydroxylation is 2. The molecular weight excluding hydrogens is 316 g/mol. The largest absolute Gasteiger partial charge is 0.486 e. The van der Waals surface area contributed by atoms with E-state index in [1.807, 2.05) is 20.2 Å². The molecule has 1 heterocycles. The Morgan fingerprint density at radius 2 is 2.04 bits per heavy atom. The first-order chi connectivity index (χ1) is 12.1. The molecule has 3 rings (SSSR count). The topological polar surface area (TPSA) is 54.7 Å². The predicted octanol–water partition coefficient (Wildman–Crippen LogP) is 3.03. The lowest BCUT2D eigenvalue weighted by Gasteiger charge is -2.09. The zero-order valence-corrected chi connectivity index (χ0v) is 15.0. The fraction of sp³-hybridized carbons (Fsp3) is 0.450. The van der Waals surface area contributed by atoms with Crippen LogP contribution in [0.4, 0.5) is 0 Å². The van der Waals surface area contributed by atoms with Crippen LogP contribution in [-0.2, 0) is 19.4 Å². The van der Waals surface area contributed by atoms with Crippen molar-refractivity contribution in [3.63, 3.8) is 0 Å². The number of hydrogen-bond acceptors (Lipinski definition) is 4. The maximum Gasteiger partial charge on any atom is 0.286 e. The Kier molecular flexibility index (Phi) is 5.76. The number of carbonyl (C=O) groups excluding carboxylic acids is 1. The Hall–Kier alpha value is -2.27. The fourth-order valence-electron chi connectivity index (χ4n) is 3.05. The van der Waals surface area contributed by atoms with Gasteiger partial charge in [-0.05, 0) is 81.7 Å². The summed E-state index contributed by atoms with van der Waals surface area (Å²) in [7, 11) is 4.03. The van der Waals surface area contributed by atoms with Gasteiger partial charge in [-0.15, -0.1) is 0 Å². The molecule has 1 aliphatic carbocycles. The van der Waals surface area contributed by atoms with Crippen LogP contribution >= 0.6 is 0 Å². The molecule has 0 aliphatic heterocycles.